The van der Waals surface area contributed by atoms with Gasteiger partial charge < -0.3 is 25.2 Å². The van der Waals surface area contributed by atoms with Crippen molar-refractivity contribution >= 4 is 17.9 Å². The van der Waals surface area contributed by atoms with Gasteiger partial charge in [-0.25, -0.2) is 14.4 Å². The Morgan fingerprint density at radius 3 is 1.67 bits per heavy atom. The van der Waals surface area contributed by atoms with Gasteiger partial charge in [0, 0.05) is 30.8 Å². The molecule has 0 aliphatic carbocycles. The smallest absolute Gasteiger partial charge is 0.331 e. The normalized spacial score (nSPS) is 7.90. The molecule has 0 aromatic heterocycles. The molecular formula is C13H20O8. The molecular weight excluding hydrogens is 284 g/mol. The summed E-state index contributed by atoms with van der Waals surface area (Å²) in [5.41, 5.74) is 0.0486. The number of hydrogen-bond donors (Lipinski definition) is 4. The highest BCUT2D eigenvalue weighted by Crippen LogP contribution is 1.94. The third-order valence-corrected chi connectivity index (χ3v) is 1.39. The Balaban J connectivity index is -0.000000239. The maximum Gasteiger partial charge on any atom is 0.331 e. The molecule has 0 saturated heterocycles. The number of ether oxygens (including phenoxy) is 1. The SMILES string of the molecule is C=C(CCO)C(=O)O.C=CC(=O)O.C=CC(=O)OCCO. The molecule has 21 heavy (non-hydrogen) atoms. The molecule has 0 radical (unpaired) electrons. The van der Waals surface area contributed by atoms with Gasteiger partial charge in [0.2, 0.25) is 0 Å². The predicted octanol–water partition coefficient (Wildman–Crippen LogP) is -0.0255. The van der Waals surface area contributed by atoms with Crippen molar-refractivity contribution in [1.82, 2.24) is 0 Å². The van der Waals surface area contributed by atoms with E-state index < -0.39 is 17.9 Å². The molecule has 0 saturated carbocycles. The predicted molar refractivity (Wildman–Crippen MR) is 74.6 cm³/mol. The van der Waals surface area contributed by atoms with Crippen LogP contribution in [0.3, 0.4) is 0 Å². The van der Waals surface area contributed by atoms with Gasteiger partial charge in [-0.05, 0) is 0 Å². The Morgan fingerprint density at radius 2 is 1.48 bits per heavy atom. The van der Waals surface area contributed by atoms with Gasteiger partial charge in [-0.15, -0.1) is 0 Å². The van der Waals surface area contributed by atoms with Gasteiger partial charge in [0.05, 0.1) is 6.61 Å². The molecule has 0 amide bonds. The van der Waals surface area contributed by atoms with E-state index in [1.807, 2.05) is 0 Å². The van der Waals surface area contributed by atoms with E-state index in [-0.39, 0.29) is 31.8 Å². The molecule has 120 valence electrons. The van der Waals surface area contributed by atoms with Crippen LogP contribution >= 0.6 is 0 Å². The highest BCUT2D eigenvalue weighted by atomic mass is 16.5. The number of carboxylic acids is 2. The number of carboxylic acid groups (broad SMARTS) is 2. The Morgan fingerprint density at radius 1 is 1.00 bits per heavy atom. The van der Waals surface area contributed by atoms with Crippen LogP contribution in [0.4, 0.5) is 0 Å². The lowest BCUT2D eigenvalue weighted by atomic mass is 10.2. The summed E-state index contributed by atoms with van der Waals surface area (Å²) in [5.74, 6) is -2.52. The number of rotatable bonds is 7. The third-order valence-electron chi connectivity index (χ3n) is 1.39. The van der Waals surface area contributed by atoms with Crippen LogP contribution < -0.4 is 0 Å². The molecule has 0 aromatic carbocycles. The number of carbonyl (C=O) groups excluding carboxylic acids is 1. The average Bonchev–Trinajstić information content (AvgIpc) is 2.46. The fraction of sp³-hybridized carbons (Fsp3) is 0.308. The zero-order chi connectivity index (χ0) is 17.3. The molecule has 0 aliphatic rings. The van der Waals surface area contributed by atoms with Crippen molar-refractivity contribution in [3.8, 4) is 0 Å². The number of aliphatic hydroxyl groups is 2. The first-order valence-electron chi connectivity index (χ1n) is 5.54. The Hall–Kier alpha value is -2.45. The maximum atomic E-state index is 10.1. The molecule has 4 N–H and O–H groups in total. The summed E-state index contributed by atoms with van der Waals surface area (Å²) in [6, 6.07) is 0. The highest BCUT2D eigenvalue weighted by Gasteiger charge is 2.00. The van der Waals surface area contributed by atoms with Crippen molar-refractivity contribution in [2.24, 2.45) is 0 Å². The largest absolute Gasteiger partial charge is 0.478 e. The van der Waals surface area contributed by atoms with Crippen LogP contribution in [0.1, 0.15) is 6.42 Å². The molecule has 0 spiro atoms. The molecule has 0 aromatic rings. The van der Waals surface area contributed by atoms with Crippen LogP contribution in [-0.4, -0.2) is 58.2 Å². The maximum absolute atomic E-state index is 10.1. The van der Waals surface area contributed by atoms with Crippen molar-refractivity contribution in [2.45, 2.75) is 6.42 Å². The summed E-state index contributed by atoms with van der Waals surface area (Å²) >= 11 is 0. The van der Waals surface area contributed by atoms with Crippen molar-refractivity contribution < 1.29 is 39.5 Å². The van der Waals surface area contributed by atoms with E-state index in [1.54, 1.807) is 0 Å². The first-order valence-corrected chi connectivity index (χ1v) is 5.54. The first-order chi connectivity index (χ1) is 9.76. The summed E-state index contributed by atoms with van der Waals surface area (Å²) < 4.78 is 4.33. The lowest BCUT2D eigenvalue weighted by molar-refractivity contribution is -0.138. The fourth-order valence-corrected chi connectivity index (χ4v) is 0.447. The van der Waals surface area contributed by atoms with Crippen molar-refractivity contribution in [3.63, 3.8) is 0 Å². The number of aliphatic hydroxyl groups excluding tert-OH is 2. The van der Waals surface area contributed by atoms with E-state index in [9.17, 15) is 14.4 Å². The molecule has 0 bridgehead atoms. The van der Waals surface area contributed by atoms with Crippen molar-refractivity contribution in [1.29, 1.82) is 0 Å². The number of aliphatic carboxylic acids is 2. The van der Waals surface area contributed by atoms with Crippen LogP contribution in [0.25, 0.3) is 0 Å². The van der Waals surface area contributed by atoms with E-state index in [0.29, 0.717) is 0 Å². The van der Waals surface area contributed by atoms with Gasteiger partial charge in [-0.3, -0.25) is 0 Å². The number of esters is 1. The topological polar surface area (TPSA) is 141 Å². The van der Waals surface area contributed by atoms with E-state index in [2.05, 4.69) is 24.5 Å². The van der Waals surface area contributed by atoms with Gasteiger partial charge in [0.25, 0.3) is 0 Å². The van der Waals surface area contributed by atoms with Gasteiger partial charge >= 0.3 is 17.9 Å². The van der Waals surface area contributed by atoms with Gasteiger partial charge in [0.15, 0.2) is 0 Å². The number of hydrogen-bond acceptors (Lipinski definition) is 6. The second-order valence-electron chi connectivity index (χ2n) is 3.02. The minimum Gasteiger partial charge on any atom is -0.478 e. The third kappa shape index (κ3) is 26.9. The zero-order valence-corrected chi connectivity index (χ0v) is 11.5. The summed E-state index contributed by atoms with van der Waals surface area (Å²) in [6.07, 6.45) is 2.03. The van der Waals surface area contributed by atoms with E-state index in [0.717, 1.165) is 12.2 Å². The Kier molecular flexibility index (Phi) is 19.7. The fourth-order valence-electron chi connectivity index (χ4n) is 0.447. The minimum atomic E-state index is -1.04. The lowest BCUT2D eigenvalue weighted by Crippen LogP contribution is -2.04. The second kappa shape index (κ2) is 17.6. The standard InChI is InChI=1S/2C5H8O3.C3H4O2/c1-4(2-3-6)5(7)8;1-2-5(7)8-4-3-6;1-2-3(4)5/h6H,1-3H2,(H,7,8);2,6H,1,3-4H2;2H,1H2,(H,4,5). The first kappa shape index (κ1) is 23.6. The average molecular weight is 304 g/mol. The molecule has 0 unspecified atom stereocenters. The molecule has 0 rings (SSSR count). The van der Waals surface area contributed by atoms with Gasteiger partial charge in [-0.2, -0.15) is 0 Å². The molecule has 0 heterocycles. The highest BCUT2D eigenvalue weighted by molar-refractivity contribution is 5.85. The van der Waals surface area contributed by atoms with Crippen LogP contribution in [0, 0.1) is 0 Å². The van der Waals surface area contributed by atoms with Gasteiger partial charge in [-0.1, -0.05) is 19.7 Å². The van der Waals surface area contributed by atoms with Crippen LogP contribution in [0.2, 0.25) is 0 Å². The molecule has 8 heteroatoms. The van der Waals surface area contributed by atoms with Crippen molar-refractivity contribution in [3.05, 3.63) is 37.5 Å². The molecule has 0 atom stereocenters. The molecule has 0 aliphatic heterocycles. The summed E-state index contributed by atoms with van der Waals surface area (Å²) in [4.78, 5) is 29.2. The summed E-state index contributed by atoms with van der Waals surface area (Å²) in [7, 11) is 0. The van der Waals surface area contributed by atoms with Crippen LogP contribution in [-0.2, 0) is 19.1 Å². The minimum absolute atomic E-state index is 0.0465. The van der Waals surface area contributed by atoms with Crippen LogP contribution in [0.15, 0.2) is 37.5 Å². The lowest BCUT2D eigenvalue weighted by Gasteiger charge is -1.94. The van der Waals surface area contributed by atoms with Crippen molar-refractivity contribution in [2.75, 3.05) is 19.8 Å². The zero-order valence-electron chi connectivity index (χ0n) is 11.5. The quantitative estimate of drug-likeness (QED) is 0.379. The molecule has 0 fully saturated rings. The van der Waals surface area contributed by atoms with Gasteiger partial charge in [0.1, 0.15) is 6.61 Å². The van der Waals surface area contributed by atoms with E-state index in [1.165, 1.54) is 0 Å². The Labute approximate surface area is 122 Å². The summed E-state index contributed by atoms with van der Waals surface area (Å²) in [6.45, 7) is 9.06. The van der Waals surface area contributed by atoms with Crippen LogP contribution in [0.5, 0.6) is 0 Å². The monoisotopic (exact) mass is 304 g/mol. The van der Waals surface area contributed by atoms with E-state index in [4.69, 9.17) is 20.4 Å². The molecule has 8 nitrogen and oxygen atoms in total. The van der Waals surface area contributed by atoms with E-state index >= 15 is 0 Å². The Bertz CT molecular complexity index is 357. The number of carbonyl (C=O) groups is 3. The summed E-state index contributed by atoms with van der Waals surface area (Å²) in [5, 5.41) is 32.0. The second-order valence-corrected chi connectivity index (χ2v) is 3.02.